The van der Waals surface area contributed by atoms with Gasteiger partial charge in [-0.25, -0.2) is 4.98 Å². The third kappa shape index (κ3) is 3.98. The van der Waals surface area contributed by atoms with Gasteiger partial charge in [0.2, 0.25) is 0 Å². The van der Waals surface area contributed by atoms with Gasteiger partial charge in [0, 0.05) is 25.4 Å². The van der Waals surface area contributed by atoms with Crippen LogP contribution < -0.4 is 10.5 Å². The molecule has 5 rings (SSSR count). The Morgan fingerprint density at radius 1 is 1.18 bits per heavy atom. The third-order valence-corrected chi connectivity index (χ3v) is 6.78. The zero-order valence-corrected chi connectivity index (χ0v) is 18.7. The average Bonchev–Trinajstić information content (AvgIpc) is 2.80. The van der Waals surface area contributed by atoms with Gasteiger partial charge in [0.15, 0.2) is 0 Å². The number of nitrogens with zero attached hydrogens (tertiary/aromatic N) is 4. The normalized spacial score (nSPS) is 20.6. The molecule has 34 heavy (non-hydrogen) atoms. The molecule has 1 N–H and O–H groups in total. The number of fused-ring (bicyclic) bond motifs is 3. The summed E-state index contributed by atoms with van der Waals surface area (Å²) in [5, 5.41) is 10.9. The van der Waals surface area contributed by atoms with E-state index >= 15 is 0 Å². The molecule has 2 atom stereocenters. The molecular formula is C25H25F3N4O2. The number of hydrogen-bond acceptors (Lipinski definition) is 5. The largest absolute Gasteiger partial charge is 0.433 e. The maximum atomic E-state index is 13.6. The second-order valence-corrected chi connectivity index (χ2v) is 9.08. The second-order valence-electron chi connectivity index (χ2n) is 9.08. The van der Waals surface area contributed by atoms with E-state index in [1.54, 1.807) is 10.6 Å². The minimum Gasteiger partial charge on any atom is -0.391 e. The molecule has 178 valence electrons. The first-order valence-corrected chi connectivity index (χ1v) is 11.4. The number of alkyl halides is 3. The van der Waals surface area contributed by atoms with Crippen molar-refractivity contribution in [3.05, 3.63) is 69.5 Å². The van der Waals surface area contributed by atoms with Crippen LogP contribution in [0.3, 0.4) is 0 Å². The van der Waals surface area contributed by atoms with Crippen molar-refractivity contribution in [2.24, 2.45) is 0 Å². The SMILES string of the molecule is CN1CC=Cc2c(Cc3ccc(C(F)(F)F)nc3)cc3c(=O)n(C4CCCCC4O)cnc3c21. The van der Waals surface area contributed by atoms with Gasteiger partial charge >= 0.3 is 6.18 Å². The number of anilines is 1. The maximum Gasteiger partial charge on any atom is 0.433 e. The van der Waals surface area contributed by atoms with Gasteiger partial charge in [-0.15, -0.1) is 0 Å². The number of aliphatic hydroxyl groups excluding tert-OH is 1. The molecule has 2 unspecified atom stereocenters. The van der Waals surface area contributed by atoms with Crippen molar-refractivity contribution in [1.82, 2.24) is 14.5 Å². The molecular weight excluding hydrogens is 445 g/mol. The summed E-state index contributed by atoms with van der Waals surface area (Å²) in [6, 6.07) is 3.87. The van der Waals surface area contributed by atoms with E-state index in [0.29, 0.717) is 42.3 Å². The van der Waals surface area contributed by atoms with Crippen LogP contribution in [-0.4, -0.2) is 39.3 Å². The van der Waals surface area contributed by atoms with Gasteiger partial charge < -0.3 is 10.0 Å². The molecule has 2 aromatic heterocycles. The van der Waals surface area contributed by atoms with Crippen molar-refractivity contribution >= 4 is 22.7 Å². The lowest BCUT2D eigenvalue weighted by Gasteiger charge is -2.30. The molecule has 0 radical (unpaired) electrons. The number of hydrogen-bond donors (Lipinski definition) is 1. The number of aromatic nitrogens is 3. The molecule has 1 saturated carbocycles. The first kappa shape index (κ1) is 22.6. The van der Waals surface area contributed by atoms with Crippen molar-refractivity contribution in [1.29, 1.82) is 0 Å². The molecule has 1 aliphatic carbocycles. The number of benzene rings is 1. The standard InChI is InChI=1S/C25H25F3N4O2/c1-31-10-4-5-17-16(11-15-8-9-21(29-13-15)25(26,27)28)12-18-22(23(17)31)30-14-32(24(18)34)19-6-2-3-7-20(19)33/h4-5,8-9,12-14,19-20,33H,2-3,6-7,10-11H2,1H3. The summed E-state index contributed by atoms with van der Waals surface area (Å²) in [5.41, 5.74) is 2.58. The molecule has 0 spiro atoms. The van der Waals surface area contributed by atoms with Gasteiger partial charge in [0.1, 0.15) is 11.2 Å². The molecule has 0 bridgehead atoms. The van der Waals surface area contributed by atoms with Crippen molar-refractivity contribution in [3.63, 3.8) is 0 Å². The summed E-state index contributed by atoms with van der Waals surface area (Å²) in [6.45, 7) is 0.652. The van der Waals surface area contributed by atoms with Crippen molar-refractivity contribution in [2.45, 2.75) is 50.4 Å². The maximum absolute atomic E-state index is 13.6. The summed E-state index contributed by atoms with van der Waals surface area (Å²) in [5.74, 6) is 0. The molecule has 2 aliphatic rings. The summed E-state index contributed by atoms with van der Waals surface area (Å²) in [4.78, 5) is 23.8. The lowest BCUT2D eigenvalue weighted by atomic mass is 9.92. The Hall–Kier alpha value is -3.20. The molecule has 3 aromatic rings. The van der Waals surface area contributed by atoms with E-state index < -0.39 is 18.0 Å². The fourth-order valence-corrected chi connectivity index (χ4v) is 5.04. The number of aliphatic hydroxyl groups is 1. The molecule has 0 amide bonds. The Bertz CT molecular complexity index is 1310. The Morgan fingerprint density at radius 3 is 2.68 bits per heavy atom. The first-order valence-electron chi connectivity index (χ1n) is 11.4. The van der Waals surface area contributed by atoms with Crippen LogP contribution in [0, 0.1) is 0 Å². The predicted molar refractivity (Wildman–Crippen MR) is 124 cm³/mol. The summed E-state index contributed by atoms with van der Waals surface area (Å²) in [6.07, 6.45) is 5.22. The number of halogens is 3. The molecule has 1 aromatic carbocycles. The predicted octanol–water partition coefficient (Wildman–Crippen LogP) is 4.34. The quantitative estimate of drug-likeness (QED) is 0.617. The lowest BCUT2D eigenvalue weighted by Crippen LogP contribution is -2.35. The fourth-order valence-electron chi connectivity index (χ4n) is 5.04. The van der Waals surface area contributed by atoms with Crippen molar-refractivity contribution in [3.8, 4) is 0 Å². The van der Waals surface area contributed by atoms with Crippen LogP contribution in [0.15, 0.2) is 41.6 Å². The van der Waals surface area contributed by atoms with Crippen LogP contribution >= 0.6 is 0 Å². The molecule has 9 heteroatoms. The molecule has 1 fully saturated rings. The molecule has 6 nitrogen and oxygen atoms in total. The third-order valence-electron chi connectivity index (χ3n) is 6.78. The number of likely N-dealkylation sites (N-methyl/N-ethyl adjacent to an activating group) is 1. The topological polar surface area (TPSA) is 71.2 Å². The van der Waals surface area contributed by atoms with E-state index in [-0.39, 0.29) is 11.6 Å². The highest BCUT2D eigenvalue weighted by Gasteiger charge is 2.32. The minimum atomic E-state index is -4.49. The van der Waals surface area contributed by atoms with Crippen molar-refractivity contribution < 1.29 is 18.3 Å². The minimum absolute atomic E-state index is 0.214. The van der Waals surface area contributed by atoms with E-state index in [1.807, 2.05) is 24.1 Å². The summed E-state index contributed by atoms with van der Waals surface area (Å²) < 4.78 is 40.3. The lowest BCUT2D eigenvalue weighted by molar-refractivity contribution is -0.141. The Balaban J connectivity index is 1.63. The average molecular weight is 470 g/mol. The molecule has 3 heterocycles. The molecule has 0 saturated heterocycles. The zero-order chi connectivity index (χ0) is 24.0. The van der Waals surface area contributed by atoms with E-state index in [9.17, 15) is 23.1 Å². The Labute approximate surface area is 194 Å². The van der Waals surface area contributed by atoms with Gasteiger partial charge in [-0.1, -0.05) is 31.1 Å². The van der Waals surface area contributed by atoms with E-state index in [2.05, 4.69) is 9.97 Å². The van der Waals surface area contributed by atoms with Gasteiger partial charge in [-0.2, -0.15) is 13.2 Å². The first-order chi connectivity index (χ1) is 16.2. The van der Waals surface area contributed by atoms with Crippen molar-refractivity contribution in [2.75, 3.05) is 18.5 Å². The summed E-state index contributed by atoms with van der Waals surface area (Å²) >= 11 is 0. The van der Waals surface area contributed by atoms with Crippen LogP contribution in [-0.2, 0) is 12.6 Å². The van der Waals surface area contributed by atoms with E-state index in [1.165, 1.54) is 18.6 Å². The highest BCUT2D eigenvalue weighted by atomic mass is 19.4. The van der Waals surface area contributed by atoms with E-state index in [0.717, 1.165) is 35.7 Å². The fraction of sp³-hybridized carbons (Fsp3) is 0.400. The Kier molecular flexibility index (Phi) is 5.67. The van der Waals surface area contributed by atoms with Crippen LogP contribution in [0.2, 0.25) is 0 Å². The smallest absolute Gasteiger partial charge is 0.391 e. The van der Waals surface area contributed by atoms with Crippen LogP contribution in [0.5, 0.6) is 0 Å². The number of rotatable bonds is 3. The number of pyridine rings is 1. The zero-order valence-electron chi connectivity index (χ0n) is 18.7. The van der Waals surface area contributed by atoms with Crippen LogP contribution in [0.25, 0.3) is 17.0 Å². The summed E-state index contributed by atoms with van der Waals surface area (Å²) in [7, 11) is 1.92. The van der Waals surface area contributed by atoms with E-state index in [4.69, 9.17) is 0 Å². The van der Waals surface area contributed by atoms with Gasteiger partial charge in [0.25, 0.3) is 5.56 Å². The van der Waals surface area contributed by atoms with Gasteiger partial charge in [-0.3, -0.25) is 14.3 Å². The molecule has 1 aliphatic heterocycles. The second kappa shape index (κ2) is 8.54. The van der Waals surface area contributed by atoms with Crippen LogP contribution in [0.4, 0.5) is 18.9 Å². The monoisotopic (exact) mass is 470 g/mol. The highest BCUT2D eigenvalue weighted by molar-refractivity contribution is 5.97. The highest BCUT2D eigenvalue weighted by Crippen LogP contribution is 2.36. The van der Waals surface area contributed by atoms with Gasteiger partial charge in [-0.05, 0) is 42.5 Å². The van der Waals surface area contributed by atoms with Crippen LogP contribution in [0.1, 0.15) is 54.1 Å². The Morgan fingerprint density at radius 2 is 1.97 bits per heavy atom. The van der Waals surface area contributed by atoms with Gasteiger partial charge in [0.05, 0.1) is 29.5 Å².